The van der Waals surface area contributed by atoms with E-state index in [2.05, 4.69) is 9.80 Å². The van der Waals surface area contributed by atoms with E-state index in [1.807, 2.05) is 0 Å². The molecule has 19 heavy (non-hydrogen) atoms. The van der Waals surface area contributed by atoms with Crippen LogP contribution in [0.1, 0.15) is 18.4 Å². The Morgan fingerprint density at radius 2 is 1.89 bits per heavy atom. The van der Waals surface area contributed by atoms with Crippen molar-refractivity contribution in [2.45, 2.75) is 25.4 Å². The van der Waals surface area contributed by atoms with E-state index in [-0.39, 0.29) is 0 Å². The fraction of sp³-hybridized carbons (Fsp3) is 0.571. The first-order valence-corrected chi connectivity index (χ1v) is 6.77. The van der Waals surface area contributed by atoms with E-state index >= 15 is 0 Å². The molecule has 2 heterocycles. The number of benzene rings is 1. The van der Waals surface area contributed by atoms with Gasteiger partial charge in [0, 0.05) is 32.2 Å². The van der Waals surface area contributed by atoms with Gasteiger partial charge in [0.15, 0.2) is 17.4 Å². The van der Waals surface area contributed by atoms with Gasteiger partial charge in [-0.3, -0.25) is 9.80 Å². The van der Waals surface area contributed by atoms with Gasteiger partial charge in [0.25, 0.3) is 0 Å². The molecule has 2 fully saturated rings. The molecule has 2 aliphatic heterocycles. The molecule has 1 aromatic carbocycles. The summed E-state index contributed by atoms with van der Waals surface area (Å²) in [6.45, 7) is 4.65. The maximum Gasteiger partial charge on any atom is 0.187 e. The maximum atomic E-state index is 13.3. The molecule has 1 N–H and O–H groups in total. The van der Waals surface area contributed by atoms with E-state index < -0.39 is 17.4 Å². The fourth-order valence-electron chi connectivity index (χ4n) is 3.17. The second-order valence-corrected chi connectivity index (χ2v) is 5.48. The predicted octanol–water partition coefficient (Wildman–Crippen LogP) is 1.95. The molecule has 0 saturated carbocycles. The zero-order valence-electron chi connectivity index (χ0n) is 10.8. The second-order valence-electron chi connectivity index (χ2n) is 5.48. The Balaban J connectivity index is 1.68. The highest BCUT2D eigenvalue weighted by Crippen LogP contribution is 2.25. The molecule has 1 atom stereocenters. The van der Waals surface area contributed by atoms with Crippen molar-refractivity contribution in [3.8, 4) is 5.75 Å². The Bertz CT molecular complexity index is 458. The van der Waals surface area contributed by atoms with Gasteiger partial charge in [-0.15, -0.1) is 0 Å². The number of hydrogen-bond acceptors (Lipinski definition) is 3. The van der Waals surface area contributed by atoms with Crippen molar-refractivity contribution in [2.75, 3.05) is 26.2 Å². The van der Waals surface area contributed by atoms with Gasteiger partial charge in [-0.1, -0.05) is 0 Å². The number of phenolic OH excluding ortho intramolecular Hbond substituents is 1. The minimum absolute atomic E-state index is 0.540. The molecule has 3 rings (SSSR count). The molecule has 0 aromatic heterocycles. The molecular formula is C14H18F2N2O. The lowest BCUT2D eigenvalue weighted by atomic mass is 10.1. The summed E-state index contributed by atoms with van der Waals surface area (Å²) < 4.78 is 26.6. The molecule has 0 bridgehead atoms. The highest BCUT2D eigenvalue weighted by Gasteiger charge is 2.30. The lowest BCUT2D eigenvalue weighted by Gasteiger charge is -2.37. The molecular weight excluding hydrogens is 250 g/mol. The van der Waals surface area contributed by atoms with Gasteiger partial charge in [-0.2, -0.15) is 0 Å². The van der Waals surface area contributed by atoms with Crippen molar-refractivity contribution in [3.63, 3.8) is 0 Å². The van der Waals surface area contributed by atoms with Crippen LogP contribution in [-0.2, 0) is 6.54 Å². The predicted molar refractivity (Wildman–Crippen MR) is 67.9 cm³/mol. The van der Waals surface area contributed by atoms with Crippen LogP contribution in [0, 0.1) is 11.6 Å². The highest BCUT2D eigenvalue weighted by atomic mass is 19.1. The van der Waals surface area contributed by atoms with Crippen molar-refractivity contribution in [1.29, 1.82) is 0 Å². The number of rotatable bonds is 2. The third kappa shape index (κ3) is 2.58. The summed E-state index contributed by atoms with van der Waals surface area (Å²) in [6, 6.07) is 3.04. The van der Waals surface area contributed by atoms with Crippen molar-refractivity contribution < 1.29 is 13.9 Å². The molecule has 1 unspecified atom stereocenters. The van der Waals surface area contributed by atoms with Crippen LogP contribution in [0.15, 0.2) is 12.1 Å². The van der Waals surface area contributed by atoms with Gasteiger partial charge in [0.2, 0.25) is 0 Å². The SMILES string of the molecule is Oc1c(F)cc(CN2CCN3CCCC3C2)cc1F. The number of nitrogens with zero attached hydrogens (tertiary/aromatic N) is 2. The van der Waals surface area contributed by atoms with Crippen LogP contribution in [0.4, 0.5) is 8.78 Å². The average molecular weight is 268 g/mol. The van der Waals surface area contributed by atoms with E-state index in [9.17, 15) is 8.78 Å². The van der Waals surface area contributed by atoms with Crippen LogP contribution in [-0.4, -0.2) is 47.1 Å². The molecule has 0 radical (unpaired) electrons. The lowest BCUT2D eigenvalue weighted by molar-refractivity contribution is 0.0992. The molecule has 2 aliphatic rings. The van der Waals surface area contributed by atoms with Crippen LogP contribution < -0.4 is 0 Å². The minimum Gasteiger partial charge on any atom is -0.503 e. The Morgan fingerprint density at radius 3 is 2.63 bits per heavy atom. The zero-order valence-corrected chi connectivity index (χ0v) is 10.8. The largest absolute Gasteiger partial charge is 0.503 e. The molecule has 104 valence electrons. The maximum absolute atomic E-state index is 13.3. The molecule has 5 heteroatoms. The summed E-state index contributed by atoms with van der Waals surface area (Å²) in [5.74, 6) is -2.65. The number of fused-ring (bicyclic) bond motifs is 1. The van der Waals surface area contributed by atoms with Crippen LogP contribution in [0.5, 0.6) is 5.75 Å². The quantitative estimate of drug-likeness (QED) is 0.888. The zero-order chi connectivity index (χ0) is 13.4. The monoisotopic (exact) mass is 268 g/mol. The van der Waals surface area contributed by atoms with Gasteiger partial charge < -0.3 is 5.11 Å². The third-order valence-corrected chi connectivity index (χ3v) is 4.15. The Hall–Kier alpha value is -1.20. The summed E-state index contributed by atoms with van der Waals surface area (Å²) >= 11 is 0. The first-order valence-electron chi connectivity index (χ1n) is 6.77. The van der Waals surface area contributed by atoms with Crippen LogP contribution in [0.3, 0.4) is 0 Å². The van der Waals surface area contributed by atoms with E-state index in [0.29, 0.717) is 18.2 Å². The van der Waals surface area contributed by atoms with Crippen molar-refractivity contribution in [1.82, 2.24) is 9.80 Å². The number of halogens is 2. The first-order chi connectivity index (χ1) is 9.13. The second kappa shape index (κ2) is 5.06. The Labute approximate surface area is 111 Å². The highest BCUT2D eigenvalue weighted by molar-refractivity contribution is 5.30. The third-order valence-electron chi connectivity index (χ3n) is 4.15. The van der Waals surface area contributed by atoms with Crippen molar-refractivity contribution in [3.05, 3.63) is 29.3 Å². The smallest absolute Gasteiger partial charge is 0.187 e. The molecule has 0 amide bonds. The minimum atomic E-state index is -0.885. The average Bonchev–Trinajstić information content (AvgIpc) is 2.83. The Morgan fingerprint density at radius 1 is 1.16 bits per heavy atom. The van der Waals surface area contributed by atoms with Gasteiger partial charge in [-0.25, -0.2) is 8.78 Å². The molecule has 0 spiro atoms. The molecule has 2 saturated heterocycles. The van der Waals surface area contributed by atoms with Crippen LogP contribution in [0.25, 0.3) is 0 Å². The summed E-state index contributed by atoms with van der Waals surface area (Å²) in [6.07, 6.45) is 2.47. The Kier molecular flexibility index (Phi) is 3.41. The molecule has 1 aromatic rings. The van der Waals surface area contributed by atoms with E-state index in [1.54, 1.807) is 0 Å². The van der Waals surface area contributed by atoms with E-state index in [4.69, 9.17) is 5.11 Å². The summed E-state index contributed by atoms with van der Waals surface area (Å²) in [4.78, 5) is 4.73. The molecule has 3 nitrogen and oxygen atoms in total. The van der Waals surface area contributed by atoms with E-state index in [0.717, 1.165) is 19.6 Å². The van der Waals surface area contributed by atoms with Gasteiger partial charge in [-0.05, 0) is 37.1 Å². The van der Waals surface area contributed by atoms with Gasteiger partial charge >= 0.3 is 0 Å². The number of piperazine rings is 1. The van der Waals surface area contributed by atoms with Gasteiger partial charge in [0.1, 0.15) is 0 Å². The fourth-order valence-corrected chi connectivity index (χ4v) is 3.17. The van der Waals surface area contributed by atoms with Crippen molar-refractivity contribution in [2.24, 2.45) is 0 Å². The summed E-state index contributed by atoms with van der Waals surface area (Å²) in [7, 11) is 0. The number of hydrogen-bond donors (Lipinski definition) is 1. The van der Waals surface area contributed by atoms with Crippen LogP contribution in [0.2, 0.25) is 0 Å². The number of phenols is 1. The molecule has 0 aliphatic carbocycles. The van der Waals surface area contributed by atoms with Crippen molar-refractivity contribution >= 4 is 0 Å². The topological polar surface area (TPSA) is 26.7 Å². The normalized spacial score (nSPS) is 24.6. The number of aromatic hydroxyl groups is 1. The first kappa shape index (κ1) is 12.8. The van der Waals surface area contributed by atoms with Gasteiger partial charge in [0.05, 0.1) is 0 Å². The summed E-state index contributed by atoms with van der Waals surface area (Å²) in [5.41, 5.74) is 0.583. The standard InChI is InChI=1S/C14H18F2N2O/c15-12-6-10(7-13(16)14(12)19)8-17-4-5-18-3-1-2-11(18)9-17/h6-7,11,19H,1-5,8-9H2. The summed E-state index contributed by atoms with van der Waals surface area (Å²) in [5, 5.41) is 9.09. The van der Waals surface area contributed by atoms with E-state index in [1.165, 1.54) is 31.5 Å². The lowest BCUT2D eigenvalue weighted by Crippen LogP contribution is -2.49. The van der Waals surface area contributed by atoms with Crippen LogP contribution >= 0.6 is 0 Å².